The van der Waals surface area contributed by atoms with Crippen LogP contribution in [0.1, 0.15) is 16.8 Å². The number of aromatic nitrogens is 3. The van der Waals surface area contributed by atoms with Gasteiger partial charge in [0.2, 0.25) is 0 Å². The van der Waals surface area contributed by atoms with Gasteiger partial charge in [0.15, 0.2) is 0 Å². The van der Waals surface area contributed by atoms with Crippen molar-refractivity contribution in [2.75, 3.05) is 23.3 Å². The van der Waals surface area contributed by atoms with E-state index >= 15 is 0 Å². The predicted octanol–water partition coefficient (Wildman–Crippen LogP) is 4.00. The topological polar surface area (TPSA) is 109 Å². The lowest BCUT2D eigenvalue weighted by molar-refractivity contribution is -0.274. The molecule has 8 nitrogen and oxygen atoms in total. The number of carbonyl (C=O) groups excluding carboxylic acids is 1. The molecule has 3 heterocycles. The number of rotatable bonds is 6. The number of hydrogen-bond donors (Lipinski definition) is 3. The first-order chi connectivity index (χ1) is 16.3. The molecule has 1 aliphatic rings. The fraction of sp³-hybridized carbons (Fsp3) is 0.286. The molecule has 0 radical (unpaired) electrons. The van der Waals surface area contributed by atoms with E-state index in [0.717, 1.165) is 12.1 Å². The van der Waals surface area contributed by atoms with Crippen molar-refractivity contribution in [3.05, 3.63) is 54.4 Å². The second-order valence-corrected chi connectivity index (χ2v) is 8.77. The standard InChI is InChI=1S/C21H20F5N6O2P/c22-20(23,35)19(27)6-8-32(11-19)17-15(16-5-7-29-31-16)9-12(10-28-17)18(33)30-13-1-3-14(4-2-13)34-21(24,25)26/h1-5,7,9-10H,6,8,11,27,35H2,(H,29,31)(H,30,33)/t19-/m1/s1. The van der Waals surface area contributed by atoms with Crippen LogP contribution in [-0.2, 0) is 0 Å². The predicted molar refractivity (Wildman–Crippen MR) is 121 cm³/mol. The average Bonchev–Trinajstić information content (AvgIpc) is 3.44. The van der Waals surface area contributed by atoms with Gasteiger partial charge in [-0.2, -0.15) is 5.10 Å². The van der Waals surface area contributed by atoms with E-state index in [4.69, 9.17) is 5.73 Å². The molecule has 1 aliphatic heterocycles. The minimum absolute atomic E-state index is 0.0316. The number of alkyl halides is 5. The van der Waals surface area contributed by atoms with E-state index in [0.29, 0.717) is 17.1 Å². The molecule has 186 valence electrons. The summed E-state index contributed by atoms with van der Waals surface area (Å²) in [5, 5.41) is 9.24. The van der Waals surface area contributed by atoms with Crippen LogP contribution in [-0.4, -0.2) is 51.7 Å². The molecule has 1 saturated heterocycles. The molecule has 0 aliphatic carbocycles. The molecule has 1 unspecified atom stereocenters. The highest BCUT2D eigenvalue weighted by Gasteiger charge is 2.51. The molecule has 0 saturated carbocycles. The van der Waals surface area contributed by atoms with Crippen LogP contribution in [0.3, 0.4) is 0 Å². The molecule has 1 amide bonds. The number of nitrogens with one attached hydrogen (secondary N) is 2. The molecule has 3 aromatic rings. The first-order valence-corrected chi connectivity index (χ1v) is 10.8. The van der Waals surface area contributed by atoms with Gasteiger partial charge in [-0.15, -0.1) is 13.2 Å². The van der Waals surface area contributed by atoms with Crippen LogP contribution >= 0.6 is 9.24 Å². The van der Waals surface area contributed by atoms with Gasteiger partial charge in [-0.05, 0) is 42.8 Å². The number of amides is 1. The van der Waals surface area contributed by atoms with Gasteiger partial charge in [0.25, 0.3) is 11.6 Å². The van der Waals surface area contributed by atoms with Gasteiger partial charge >= 0.3 is 6.36 Å². The van der Waals surface area contributed by atoms with E-state index in [1.807, 2.05) is 0 Å². The van der Waals surface area contributed by atoms with Crippen molar-refractivity contribution in [1.82, 2.24) is 15.2 Å². The second kappa shape index (κ2) is 9.04. The van der Waals surface area contributed by atoms with Crippen molar-refractivity contribution in [2.24, 2.45) is 5.73 Å². The van der Waals surface area contributed by atoms with Crippen LogP contribution in [0.4, 0.5) is 33.5 Å². The third-order valence-electron chi connectivity index (χ3n) is 5.53. The molecule has 35 heavy (non-hydrogen) atoms. The zero-order valence-corrected chi connectivity index (χ0v) is 19.1. The number of benzene rings is 1. The number of nitrogens with two attached hydrogens (primary N) is 1. The van der Waals surface area contributed by atoms with Crippen LogP contribution in [0.2, 0.25) is 0 Å². The summed E-state index contributed by atoms with van der Waals surface area (Å²) in [6.07, 6.45) is -2.03. The SMILES string of the molecule is N[C@]1(C(F)(F)P)CCN(c2ncc(C(=O)Nc3ccc(OC(F)(F)F)cc3)cc2-c2ccn[nH]2)C1. The van der Waals surface area contributed by atoms with E-state index in [-0.39, 0.29) is 30.8 Å². The van der Waals surface area contributed by atoms with Gasteiger partial charge in [-0.1, -0.05) is 9.24 Å². The number of halogens is 5. The van der Waals surface area contributed by atoms with Crippen LogP contribution in [0.15, 0.2) is 48.8 Å². The summed E-state index contributed by atoms with van der Waals surface area (Å²) in [7, 11) is 1.49. The average molecular weight is 514 g/mol. The number of aromatic amines is 1. The Kier molecular flexibility index (Phi) is 6.41. The maximum Gasteiger partial charge on any atom is 0.573 e. The largest absolute Gasteiger partial charge is 0.573 e. The Morgan fingerprint density at radius 1 is 1.20 bits per heavy atom. The lowest BCUT2D eigenvalue weighted by atomic mass is 10.0. The van der Waals surface area contributed by atoms with Crippen molar-refractivity contribution >= 4 is 26.7 Å². The number of nitrogens with zero attached hydrogens (tertiary/aromatic N) is 3. The molecule has 0 bridgehead atoms. The molecule has 4 rings (SSSR count). The highest BCUT2D eigenvalue weighted by Crippen LogP contribution is 2.42. The summed E-state index contributed by atoms with van der Waals surface area (Å²) in [6, 6.07) is 7.79. The lowest BCUT2D eigenvalue weighted by Gasteiger charge is -2.31. The number of H-pyrrole nitrogens is 1. The normalized spacial score (nSPS) is 18.5. The van der Waals surface area contributed by atoms with Crippen molar-refractivity contribution in [3.8, 4) is 17.0 Å². The molecular weight excluding hydrogens is 494 g/mol. The van der Waals surface area contributed by atoms with Crippen LogP contribution in [0.5, 0.6) is 5.75 Å². The summed E-state index contributed by atoms with van der Waals surface area (Å²) >= 11 is 0. The van der Waals surface area contributed by atoms with Crippen molar-refractivity contribution in [3.63, 3.8) is 0 Å². The smallest absolute Gasteiger partial charge is 0.406 e. The van der Waals surface area contributed by atoms with Crippen molar-refractivity contribution in [1.29, 1.82) is 0 Å². The second-order valence-electron chi connectivity index (χ2n) is 8.04. The number of ether oxygens (including phenoxy) is 1. The fourth-order valence-corrected chi connectivity index (χ4v) is 3.90. The molecule has 2 atom stereocenters. The Bertz CT molecular complexity index is 1200. The van der Waals surface area contributed by atoms with Crippen LogP contribution in [0, 0.1) is 0 Å². The minimum atomic E-state index is -4.83. The van der Waals surface area contributed by atoms with Gasteiger partial charge in [-0.25, -0.2) is 13.8 Å². The summed E-state index contributed by atoms with van der Waals surface area (Å²) in [5.41, 5.74) is 2.30. The quantitative estimate of drug-likeness (QED) is 0.339. The zero-order valence-electron chi connectivity index (χ0n) is 17.9. The van der Waals surface area contributed by atoms with Crippen molar-refractivity contribution in [2.45, 2.75) is 24.0 Å². The third-order valence-corrected chi connectivity index (χ3v) is 6.10. The van der Waals surface area contributed by atoms with Crippen LogP contribution < -0.4 is 20.7 Å². The molecule has 1 fully saturated rings. The number of pyridine rings is 1. The monoisotopic (exact) mass is 514 g/mol. The maximum atomic E-state index is 14.0. The van der Waals surface area contributed by atoms with Gasteiger partial charge in [0.1, 0.15) is 17.1 Å². The van der Waals surface area contributed by atoms with Gasteiger partial charge in [0.05, 0.1) is 11.3 Å². The molecule has 1 aromatic carbocycles. The summed E-state index contributed by atoms with van der Waals surface area (Å²) in [4.78, 5) is 18.8. The van der Waals surface area contributed by atoms with Gasteiger partial charge in [-0.3, -0.25) is 9.89 Å². The van der Waals surface area contributed by atoms with E-state index in [2.05, 4.69) is 25.2 Å². The number of anilines is 2. The Hall–Kier alpha value is -3.31. The lowest BCUT2D eigenvalue weighted by Crippen LogP contribution is -2.54. The Morgan fingerprint density at radius 3 is 2.49 bits per heavy atom. The molecule has 4 N–H and O–H groups in total. The van der Waals surface area contributed by atoms with Crippen LogP contribution in [0.25, 0.3) is 11.3 Å². The third kappa shape index (κ3) is 5.51. The van der Waals surface area contributed by atoms with Gasteiger partial charge in [0, 0.05) is 36.7 Å². The first-order valence-electron chi connectivity index (χ1n) is 10.2. The van der Waals surface area contributed by atoms with E-state index in [1.165, 1.54) is 39.8 Å². The fourth-order valence-electron chi connectivity index (χ4n) is 3.67. The highest BCUT2D eigenvalue weighted by molar-refractivity contribution is 7.18. The van der Waals surface area contributed by atoms with Crippen molar-refractivity contribution < 1.29 is 31.5 Å². The highest BCUT2D eigenvalue weighted by atomic mass is 31.0. The molecule has 0 spiro atoms. The zero-order chi connectivity index (χ0) is 25.4. The molecule has 2 aromatic heterocycles. The summed E-state index contributed by atoms with van der Waals surface area (Å²) < 4.78 is 68.8. The van der Waals surface area contributed by atoms with Gasteiger partial charge < -0.3 is 20.7 Å². The Balaban J connectivity index is 1.57. The minimum Gasteiger partial charge on any atom is -0.406 e. The number of carbonyl (C=O) groups is 1. The summed E-state index contributed by atoms with van der Waals surface area (Å²) in [5.74, 6) is -0.665. The maximum absolute atomic E-state index is 14.0. The number of hydrogen-bond acceptors (Lipinski definition) is 6. The Labute approximate surface area is 198 Å². The molecular formula is C21H20F5N6O2P. The summed E-state index contributed by atoms with van der Waals surface area (Å²) in [6.45, 7) is 0.0715. The molecule has 14 heteroatoms. The van der Waals surface area contributed by atoms with E-state index < -0.39 is 29.2 Å². The first kappa shape index (κ1) is 24.8. The van der Waals surface area contributed by atoms with E-state index in [9.17, 15) is 26.7 Å². The Morgan fingerprint density at radius 2 is 1.91 bits per heavy atom. The van der Waals surface area contributed by atoms with E-state index in [1.54, 1.807) is 11.0 Å².